The Kier molecular flexibility index (Phi) is 3.24. The summed E-state index contributed by atoms with van der Waals surface area (Å²) in [6, 6.07) is 0.821. The fourth-order valence-corrected chi connectivity index (χ4v) is 2.54. The van der Waals surface area contributed by atoms with E-state index in [1.807, 2.05) is 11.3 Å². The lowest BCUT2D eigenvalue weighted by molar-refractivity contribution is 0.632. The Morgan fingerprint density at radius 2 is 2.07 bits per heavy atom. The molecule has 1 fully saturated rings. The minimum Gasteiger partial charge on any atom is -0.310 e. The molecule has 1 aliphatic rings. The molecule has 1 aromatic heterocycles. The van der Waals surface area contributed by atoms with E-state index in [2.05, 4.69) is 29.9 Å². The molecule has 1 saturated carbocycles. The molecule has 1 heterocycles. The van der Waals surface area contributed by atoms with Gasteiger partial charge in [-0.2, -0.15) is 11.3 Å². The Labute approximate surface area is 90.5 Å². The summed E-state index contributed by atoms with van der Waals surface area (Å²) in [5.41, 5.74) is 3.08. The second kappa shape index (κ2) is 4.45. The van der Waals surface area contributed by atoms with E-state index in [1.165, 1.54) is 24.8 Å². The molecule has 1 N–H and O–H groups in total. The van der Waals surface area contributed by atoms with Crippen LogP contribution < -0.4 is 5.32 Å². The van der Waals surface area contributed by atoms with Crippen LogP contribution >= 0.6 is 11.3 Å². The molecule has 78 valence electrons. The monoisotopic (exact) mass is 209 g/mol. The third-order valence-electron chi connectivity index (χ3n) is 2.62. The summed E-state index contributed by atoms with van der Waals surface area (Å²) >= 11 is 1.84. The molecule has 14 heavy (non-hydrogen) atoms. The summed E-state index contributed by atoms with van der Waals surface area (Å²) < 4.78 is 0. The van der Waals surface area contributed by atoms with Crippen molar-refractivity contribution in [3.05, 3.63) is 21.9 Å². The SMILES string of the molecule is CC(C)Cc1cscc1CNC1CC1. The van der Waals surface area contributed by atoms with Gasteiger partial charge in [-0.15, -0.1) is 0 Å². The zero-order valence-electron chi connectivity index (χ0n) is 9.05. The largest absolute Gasteiger partial charge is 0.310 e. The standard InChI is InChI=1S/C12H19NS/c1-9(2)5-10-7-14-8-11(10)6-13-12-3-4-12/h7-9,12-13H,3-6H2,1-2H3. The van der Waals surface area contributed by atoms with Crippen LogP contribution in [0.5, 0.6) is 0 Å². The fraction of sp³-hybridized carbons (Fsp3) is 0.667. The Morgan fingerprint density at radius 1 is 1.36 bits per heavy atom. The highest BCUT2D eigenvalue weighted by atomic mass is 32.1. The molecular formula is C12H19NS. The average Bonchev–Trinajstić information content (AvgIpc) is 2.85. The van der Waals surface area contributed by atoms with Gasteiger partial charge < -0.3 is 5.32 Å². The van der Waals surface area contributed by atoms with Crippen LogP contribution in [0.3, 0.4) is 0 Å². The molecule has 0 atom stereocenters. The molecule has 0 aliphatic heterocycles. The van der Waals surface area contributed by atoms with Gasteiger partial charge in [0, 0.05) is 12.6 Å². The van der Waals surface area contributed by atoms with Gasteiger partial charge in [-0.25, -0.2) is 0 Å². The molecule has 0 amide bonds. The number of hydrogen-bond acceptors (Lipinski definition) is 2. The van der Waals surface area contributed by atoms with Crippen molar-refractivity contribution < 1.29 is 0 Å². The molecule has 0 saturated heterocycles. The Balaban J connectivity index is 1.90. The van der Waals surface area contributed by atoms with Crippen molar-refractivity contribution in [2.75, 3.05) is 0 Å². The molecular weight excluding hydrogens is 190 g/mol. The van der Waals surface area contributed by atoms with E-state index in [1.54, 1.807) is 5.56 Å². The smallest absolute Gasteiger partial charge is 0.0219 e. The quantitative estimate of drug-likeness (QED) is 0.785. The number of thiophene rings is 1. The molecule has 1 aliphatic carbocycles. The van der Waals surface area contributed by atoms with Crippen LogP contribution in [0.15, 0.2) is 10.8 Å². The average molecular weight is 209 g/mol. The Hall–Kier alpha value is -0.340. The maximum atomic E-state index is 3.58. The molecule has 2 rings (SSSR count). The molecule has 0 unspecified atom stereocenters. The third-order valence-corrected chi connectivity index (χ3v) is 3.46. The molecule has 0 spiro atoms. The van der Waals surface area contributed by atoms with Crippen molar-refractivity contribution in [2.45, 2.75) is 45.7 Å². The normalized spacial score (nSPS) is 16.5. The zero-order chi connectivity index (χ0) is 9.97. The summed E-state index contributed by atoms with van der Waals surface area (Å²) in [6.45, 7) is 5.65. The van der Waals surface area contributed by atoms with Crippen LogP contribution in [0.4, 0.5) is 0 Å². The molecule has 0 aromatic carbocycles. The van der Waals surface area contributed by atoms with E-state index >= 15 is 0 Å². The molecule has 1 aromatic rings. The van der Waals surface area contributed by atoms with Crippen LogP contribution in [0.25, 0.3) is 0 Å². The van der Waals surface area contributed by atoms with E-state index in [0.717, 1.165) is 18.5 Å². The van der Waals surface area contributed by atoms with Gasteiger partial charge in [-0.3, -0.25) is 0 Å². The maximum Gasteiger partial charge on any atom is 0.0219 e. The summed E-state index contributed by atoms with van der Waals surface area (Å²) in [4.78, 5) is 0. The highest BCUT2D eigenvalue weighted by Crippen LogP contribution is 2.22. The van der Waals surface area contributed by atoms with Gasteiger partial charge in [0.15, 0.2) is 0 Å². The van der Waals surface area contributed by atoms with E-state index in [0.29, 0.717) is 0 Å². The van der Waals surface area contributed by atoms with Crippen molar-refractivity contribution in [3.63, 3.8) is 0 Å². The van der Waals surface area contributed by atoms with Gasteiger partial charge in [-0.05, 0) is 47.1 Å². The molecule has 2 heteroatoms. The van der Waals surface area contributed by atoms with E-state index < -0.39 is 0 Å². The van der Waals surface area contributed by atoms with Crippen LogP contribution in [0.2, 0.25) is 0 Å². The summed E-state index contributed by atoms with van der Waals surface area (Å²) in [5.74, 6) is 0.768. The lowest BCUT2D eigenvalue weighted by Crippen LogP contribution is -2.16. The molecule has 0 radical (unpaired) electrons. The van der Waals surface area contributed by atoms with Crippen LogP contribution in [-0.2, 0) is 13.0 Å². The number of nitrogens with one attached hydrogen (secondary N) is 1. The third kappa shape index (κ3) is 2.82. The van der Waals surface area contributed by atoms with Gasteiger partial charge in [-0.1, -0.05) is 13.8 Å². The van der Waals surface area contributed by atoms with E-state index in [4.69, 9.17) is 0 Å². The lowest BCUT2D eigenvalue weighted by Gasteiger charge is -2.07. The fourth-order valence-electron chi connectivity index (χ4n) is 1.67. The zero-order valence-corrected chi connectivity index (χ0v) is 9.86. The van der Waals surface area contributed by atoms with Crippen molar-refractivity contribution >= 4 is 11.3 Å². The van der Waals surface area contributed by atoms with Crippen molar-refractivity contribution in [2.24, 2.45) is 5.92 Å². The minimum absolute atomic E-state index is 0.768. The first kappa shape index (κ1) is 10.2. The Bertz CT molecular complexity index is 286. The minimum atomic E-state index is 0.768. The van der Waals surface area contributed by atoms with Gasteiger partial charge in [0.25, 0.3) is 0 Å². The first-order valence-corrected chi connectivity index (χ1v) is 6.47. The van der Waals surface area contributed by atoms with Crippen molar-refractivity contribution in [3.8, 4) is 0 Å². The predicted molar refractivity (Wildman–Crippen MR) is 62.7 cm³/mol. The van der Waals surface area contributed by atoms with Gasteiger partial charge in [0.2, 0.25) is 0 Å². The first-order chi connectivity index (χ1) is 6.75. The lowest BCUT2D eigenvalue weighted by atomic mass is 10.0. The number of rotatable bonds is 5. The Morgan fingerprint density at radius 3 is 2.71 bits per heavy atom. The van der Waals surface area contributed by atoms with Crippen molar-refractivity contribution in [1.82, 2.24) is 5.32 Å². The number of hydrogen-bond donors (Lipinski definition) is 1. The van der Waals surface area contributed by atoms with Gasteiger partial charge >= 0.3 is 0 Å². The highest BCUT2D eigenvalue weighted by Gasteiger charge is 2.20. The maximum absolute atomic E-state index is 3.58. The molecule has 1 nitrogen and oxygen atoms in total. The van der Waals surface area contributed by atoms with E-state index in [9.17, 15) is 0 Å². The van der Waals surface area contributed by atoms with Gasteiger partial charge in [0.05, 0.1) is 0 Å². The summed E-state index contributed by atoms with van der Waals surface area (Å²) in [6.07, 6.45) is 3.98. The van der Waals surface area contributed by atoms with Crippen LogP contribution in [0, 0.1) is 5.92 Å². The second-order valence-corrected chi connectivity index (χ2v) is 5.42. The first-order valence-electron chi connectivity index (χ1n) is 5.53. The highest BCUT2D eigenvalue weighted by molar-refractivity contribution is 7.08. The molecule has 0 bridgehead atoms. The van der Waals surface area contributed by atoms with Gasteiger partial charge in [0.1, 0.15) is 0 Å². The second-order valence-electron chi connectivity index (χ2n) is 4.68. The predicted octanol–water partition coefficient (Wildman–Crippen LogP) is 3.20. The van der Waals surface area contributed by atoms with Crippen LogP contribution in [-0.4, -0.2) is 6.04 Å². The summed E-state index contributed by atoms with van der Waals surface area (Å²) in [7, 11) is 0. The summed E-state index contributed by atoms with van der Waals surface area (Å²) in [5, 5.41) is 8.19. The van der Waals surface area contributed by atoms with Crippen LogP contribution in [0.1, 0.15) is 37.8 Å². The van der Waals surface area contributed by atoms with E-state index in [-0.39, 0.29) is 0 Å². The topological polar surface area (TPSA) is 12.0 Å². The van der Waals surface area contributed by atoms with Crippen molar-refractivity contribution in [1.29, 1.82) is 0 Å².